The molecule has 0 atom stereocenters. The molecule has 2 N–H and O–H groups in total. The minimum absolute atomic E-state index is 0.0992. The van der Waals surface area contributed by atoms with Gasteiger partial charge >= 0.3 is 0 Å². The fourth-order valence-corrected chi connectivity index (χ4v) is 2.79. The van der Waals surface area contributed by atoms with Crippen molar-refractivity contribution in [3.8, 4) is 11.5 Å². The molecule has 6 heteroatoms. The molecular formula is C18H15FN2O3. The number of amides is 1. The average molecular weight is 326 g/mol. The van der Waals surface area contributed by atoms with E-state index in [1.165, 1.54) is 12.1 Å². The number of nitrogens with one attached hydrogen (secondary N) is 2. The fourth-order valence-electron chi connectivity index (χ4n) is 2.79. The Labute approximate surface area is 137 Å². The van der Waals surface area contributed by atoms with Crippen LogP contribution in [0.2, 0.25) is 0 Å². The first-order valence-corrected chi connectivity index (χ1v) is 7.60. The molecule has 2 heterocycles. The Morgan fingerprint density at radius 1 is 1.17 bits per heavy atom. The summed E-state index contributed by atoms with van der Waals surface area (Å²) >= 11 is 0. The van der Waals surface area contributed by atoms with Gasteiger partial charge in [0.25, 0.3) is 0 Å². The monoisotopic (exact) mass is 326 g/mol. The number of H-pyrrole nitrogens is 1. The Morgan fingerprint density at radius 2 is 2.04 bits per heavy atom. The second-order valence-electron chi connectivity index (χ2n) is 5.64. The van der Waals surface area contributed by atoms with Gasteiger partial charge in [-0.2, -0.15) is 0 Å². The lowest BCUT2D eigenvalue weighted by molar-refractivity contribution is -0.120. The second-order valence-corrected chi connectivity index (χ2v) is 5.64. The Hall–Kier alpha value is -3.02. The molecule has 1 aliphatic rings. The number of rotatable bonds is 4. The van der Waals surface area contributed by atoms with Crippen LogP contribution in [0.15, 0.2) is 42.6 Å². The van der Waals surface area contributed by atoms with E-state index in [-0.39, 0.29) is 24.9 Å². The minimum Gasteiger partial charge on any atom is -0.454 e. The summed E-state index contributed by atoms with van der Waals surface area (Å²) in [4.78, 5) is 15.2. The molecule has 24 heavy (non-hydrogen) atoms. The predicted octanol–water partition coefficient (Wildman–Crippen LogP) is 2.89. The van der Waals surface area contributed by atoms with E-state index in [1.54, 1.807) is 12.3 Å². The van der Waals surface area contributed by atoms with Crippen molar-refractivity contribution < 1.29 is 18.7 Å². The predicted molar refractivity (Wildman–Crippen MR) is 86.4 cm³/mol. The number of benzene rings is 2. The van der Waals surface area contributed by atoms with Gasteiger partial charge in [0.15, 0.2) is 11.5 Å². The van der Waals surface area contributed by atoms with Gasteiger partial charge in [-0.05, 0) is 41.5 Å². The van der Waals surface area contributed by atoms with Gasteiger partial charge in [0.2, 0.25) is 12.7 Å². The number of ether oxygens (including phenoxy) is 2. The zero-order valence-corrected chi connectivity index (χ0v) is 12.8. The first-order chi connectivity index (χ1) is 11.7. The zero-order chi connectivity index (χ0) is 16.5. The molecule has 0 fully saturated rings. The van der Waals surface area contributed by atoms with E-state index < -0.39 is 0 Å². The summed E-state index contributed by atoms with van der Waals surface area (Å²) in [5.41, 5.74) is 2.47. The van der Waals surface area contributed by atoms with Crippen molar-refractivity contribution >= 4 is 16.8 Å². The van der Waals surface area contributed by atoms with Crippen molar-refractivity contribution in [2.24, 2.45) is 0 Å². The molecule has 0 bridgehead atoms. The maximum atomic E-state index is 13.2. The maximum Gasteiger partial charge on any atom is 0.231 e. The third kappa shape index (κ3) is 2.78. The van der Waals surface area contributed by atoms with E-state index in [0.717, 1.165) is 22.3 Å². The molecule has 4 rings (SSSR count). The van der Waals surface area contributed by atoms with Crippen LogP contribution in [0.3, 0.4) is 0 Å². The normalized spacial score (nSPS) is 12.5. The molecule has 1 amide bonds. The van der Waals surface area contributed by atoms with E-state index in [0.29, 0.717) is 17.8 Å². The van der Waals surface area contributed by atoms with Crippen LogP contribution < -0.4 is 14.8 Å². The number of hydrogen-bond donors (Lipinski definition) is 2. The highest BCUT2D eigenvalue weighted by Crippen LogP contribution is 2.32. The van der Waals surface area contributed by atoms with Gasteiger partial charge in [0.05, 0.1) is 6.42 Å². The standard InChI is InChI=1S/C18H15FN2O3/c19-13-2-3-14-12(9-20-15(14)7-13)6-18(22)21-8-11-1-4-16-17(5-11)24-10-23-16/h1-5,7,9,20H,6,8,10H2,(H,21,22). The molecule has 0 aliphatic carbocycles. The molecule has 0 spiro atoms. The number of hydrogen-bond acceptors (Lipinski definition) is 3. The SMILES string of the molecule is O=C(Cc1c[nH]c2cc(F)ccc12)NCc1ccc2c(c1)OCO2. The summed E-state index contributed by atoms with van der Waals surface area (Å²) in [6.45, 7) is 0.638. The number of halogens is 1. The van der Waals surface area contributed by atoms with E-state index in [1.807, 2.05) is 18.2 Å². The van der Waals surface area contributed by atoms with E-state index >= 15 is 0 Å². The molecular weight excluding hydrogens is 311 g/mol. The molecule has 3 aromatic rings. The van der Waals surface area contributed by atoms with E-state index in [2.05, 4.69) is 10.3 Å². The van der Waals surface area contributed by atoms with Crippen LogP contribution in [0.25, 0.3) is 10.9 Å². The van der Waals surface area contributed by atoms with Crippen molar-refractivity contribution in [2.75, 3.05) is 6.79 Å². The Balaban J connectivity index is 1.41. The fraction of sp³-hybridized carbons (Fsp3) is 0.167. The topological polar surface area (TPSA) is 63.4 Å². The lowest BCUT2D eigenvalue weighted by Gasteiger charge is -2.06. The highest BCUT2D eigenvalue weighted by Gasteiger charge is 2.14. The summed E-state index contributed by atoms with van der Waals surface area (Å²) in [6, 6.07) is 10.1. The van der Waals surface area contributed by atoms with Crippen molar-refractivity contribution in [3.05, 3.63) is 59.5 Å². The smallest absolute Gasteiger partial charge is 0.231 e. The van der Waals surface area contributed by atoms with E-state index in [9.17, 15) is 9.18 Å². The summed E-state index contributed by atoms with van der Waals surface area (Å²) in [5.74, 6) is 1.01. The van der Waals surface area contributed by atoms with Gasteiger partial charge in [0.1, 0.15) is 5.82 Å². The molecule has 122 valence electrons. The third-order valence-corrected chi connectivity index (χ3v) is 4.01. The lowest BCUT2D eigenvalue weighted by Crippen LogP contribution is -2.24. The van der Waals surface area contributed by atoms with Crippen molar-refractivity contribution in [1.29, 1.82) is 0 Å². The molecule has 0 radical (unpaired) electrons. The quantitative estimate of drug-likeness (QED) is 0.775. The van der Waals surface area contributed by atoms with Crippen LogP contribution in [0.1, 0.15) is 11.1 Å². The molecule has 0 saturated heterocycles. The van der Waals surface area contributed by atoms with Crippen LogP contribution >= 0.6 is 0 Å². The van der Waals surface area contributed by atoms with Crippen LogP contribution in [0.4, 0.5) is 4.39 Å². The largest absolute Gasteiger partial charge is 0.454 e. The van der Waals surface area contributed by atoms with Gasteiger partial charge < -0.3 is 19.8 Å². The zero-order valence-electron chi connectivity index (χ0n) is 12.8. The first kappa shape index (κ1) is 14.6. The van der Waals surface area contributed by atoms with Crippen LogP contribution in [-0.4, -0.2) is 17.7 Å². The highest BCUT2D eigenvalue weighted by molar-refractivity contribution is 5.88. The minimum atomic E-state index is -0.303. The average Bonchev–Trinajstić information content (AvgIpc) is 3.19. The molecule has 0 saturated carbocycles. The molecule has 2 aromatic carbocycles. The second kappa shape index (κ2) is 5.88. The Kier molecular flexibility index (Phi) is 3.57. The van der Waals surface area contributed by atoms with Crippen molar-refractivity contribution in [3.63, 3.8) is 0 Å². The van der Waals surface area contributed by atoms with Gasteiger partial charge in [-0.15, -0.1) is 0 Å². The van der Waals surface area contributed by atoms with E-state index in [4.69, 9.17) is 9.47 Å². The first-order valence-electron chi connectivity index (χ1n) is 7.60. The van der Waals surface area contributed by atoms with Crippen molar-refractivity contribution in [1.82, 2.24) is 10.3 Å². The van der Waals surface area contributed by atoms with Crippen molar-refractivity contribution in [2.45, 2.75) is 13.0 Å². The van der Waals surface area contributed by atoms with Gasteiger partial charge in [-0.25, -0.2) is 4.39 Å². The molecule has 0 unspecified atom stereocenters. The van der Waals surface area contributed by atoms with Gasteiger partial charge in [-0.3, -0.25) is 4.79 Å². The lowest BCUT2D eigenvalue weighted by atomic mass is 10.1. The number of aromatic nitrogens is 1. The van der Waals surface area contributed by atoms with Gasteiger partial charge in [-0.1, -0.05) is 6.07 Å². The van der Waals surface area contributed by atoms with Crippen LogP contribution in [-0.2, 0) is 17.8 Å². The number of carbonyl (C=O) groups excluding carboxylic acids is 1. The summed E-state index contributed by atoms with van der Waals surface area (Å²) in [7, 11) is 0. The number of fused-ring (bicyclic) bond motifs is 2. The Bertz CT molecular complexity index is 920. The van der Waals surface area contributed by atoms with Crippen LogP contribution in [0, 0.1) is 5.82 Å². The Morgan fingerprint density at radius 3 is 2.96 bits per heavy atom. The number of carbonyl (C=O) groups is 1. The van der Waals surface area contributed by atoms with Crippen LogP contribution in [0.5, 0.6) is 11.5 Å². The number of aromatic amines is 1. The maximum absolute atomic E-state index is 13.2. The summed E-state index contributed by atoms with van der Waals surface area (Å²) in [5, 5.41) is 3.74. The summed E-state index contributed by atoms with van der Waals surface area (Å²) in [6.07, 6.45) is 1.97. The molecule has 1 aliphatic heterocycles. The highest BCUT2D eigenvalue weighted by atomic mass is 19.1. The third-order valence-electron chi connectivity index (χ3n) is 4.01. The van der Waals surface area contributed by atoms with Gasteiger partial charge in [0, 0.05) is 23.6 Å². The molecule has 5 nitrogen and oxygen atoms in total. The molecule has 1 aromatic heterocycles. The summed E-state index contributed by atoms with van der Waals surface area (Å²) < 4.78 is 23.8.